The topological polar surface area (TPSA) is 47.1 Å². The lowest BCUT2D eigenvalue weighted by Crippen LogP contribution is -1.89. The van der Waals surface area contributed by atoms with E-state index in [0.29, 0.717) is 4.77 Å². The van der Waals surface area contributed by atoms with E-state index in [1.807, 2.05) is 78.9 Å². The van der Waals surface area contributed by atoms with Gasteiger partial charge in [0.15, 0.2) is 4.77 Å². The Balaban J connectivity index is 1.77. The fourth-order valence-electron chi connectivity index (χ4n) is 2.47. The molecule has 0 aliphatic carbocycles. The molecule has 0 aliphatic heterocycles. The molecule has 0 amide bonds. The van der Waals surface area contributed by atoms with Crippen molar-refractivity contribution in [1.82, 2.24) is 9.97 Å². The highest BCUT2D eigenvalue weighted by Gasteiger charge is 1.96. The normalized spacial score (nSPS) is 11.2. The number of nitrogens with one attached hydrogen (secondary N) is 1. The molecule has 1 heterocycles. The fourth-order valence-corrected chi connectivity index (χ4v) is 2.69. The molecule has 0 atom stereocenters. The van der Waals surface area contributed by atoms with E-state index in [2.05, 4.69) is 9.97 Å². The van der Waals surface area contributed by atoms with Crippen LogP contribution in [-0.4, -0.2) is 24.2 Å². The van der Waals surface area contributed by atoms with E-state index in [0.717, 1.165) is 34.0 Å². The van der Waals surface area contributed by atoms with Gasteiger partial charge < -0.3 is 14.5 Å². The van der Waals surface area contributed by atoms with Crippen molar-refractivity contribution < 1.29 is 9.47 Å². The molecular weight excluding hydrogens is 356 g/mol. The van der Waals surface area contributed by atoms with Gasteiger partial charge in [0.2, 0.25) is 0 Å². The van der Waals surface area contributed by atoms with Crippen molar-refractivity contribution in [2.75, 3.05) is 14.2 Å². The number of benzene rings is 2. The highest BCUT2D eigenvalue weighted by atomic mass is 32.1. The molecule has 3 aromatic rings. The van der Waals surface area contributed by atoms with Crippen LogP contribution in [0.5, 0.6) is 11.5 Å². The van der Waals surface area contributed by atoms with Gasteiger partial charge in [-0.2, -0.15) is 0 Å². The van der Waals surface area contributed by atoms with Crippen LogP contribution in [0.25, 0.3) is 24.3 Å². The number of aromatic nitrogens is 2. The lowest BCUT2D eigenvalue weighted by atomic mass is 10.1. The molecule has 1 N–H and O–H groups in total. The quantitative estimate of drug-likeness (QED) is 0.577. The van der Waals surface area contributed by atoms with E-state index in [4.69, 9.17) is 21.7 Å². The van der Waals surface area contributed by atoms with Crippen LogP contribution in [0.1, 0.15) is 22.5 Å². The second kappa shape index (κ2) is 8.96. The van der Waals surface area contributed by atoms with E-state index < -0.39 is 0 Å². The zero-order chi connectivity index (χ0) is 19.1. The molecule has 2 aromatic carbocycles. The summed E-state index contributed by atoms with van der Waals surface area (Å²) in [6, 6.07) is 17.6. The SMILES string of the molecule is COc1ccc(/C=C/c2cc(/C=C/c3ccc(OC)cc3)[nH]c(=S)n2)cc1. The maximum absolute atomic E-state index is 5.25. The number of methoxy groups -OCH3 is 2. The molecule has 5 heteroatoms. The van der Waals surface area contributed by atoms with Crippen LogP contribution in [0.15, 0.2) is 54.6 Å². The van der Waals surface area contributed by atoms with Gasteiger partial charge in [0.25, 0.3) is 0 Å². The number of rotatable bonds is 6. The van der Waals surface area contributed by atoms with Crippen LogP contribution in [-0.2, 0) is 0 Å². The molecule has 136 valence electrons. The van der Waals surface area contributed by atoms with Gasteiger partial charge in [-0.05, 0) is 65.8 Å². The highest BCUT2D eigenvalue weighted by molar-refractivity contribution is 7.71. The van der Waals surface area contributed by atoms with Crippen LogP contribution in [0.4, 0.5) is 0 Å². The summed E-state index contributed by atoms with van der Waals surface area (Å²) in [5.41, 5.74) is 3.82. The first kappa shape index (κ1) is 18.6. The summed E-state index contributed by atoms with van der Waals surface area (Å²) in [6.45, 7) is 0. The third-order valence-corrected chi connectivity index (χ3v) is 4.11. The summed E-state index contributed by atoms with van der Waals surface area (Å²) in [7, 11) is 3.31. The zero-order valence-corrected chi connectivity index (χ0v) is 16.0. The molecule has 0 unspecified atom stereocenters. The average molecular weight is 376 g/mol. The van der Waals surface area contributed by atoms with E-state index in [9.17, 15) is 0 Å². The van der Waals surface area contributed by atoms with Gasteiger partial charge in [-0.1, -0.05) is 36.4 Å². The van der Waals surface area contributed by atoms with Crippen molar-refractivity contribution in [1.29, 1.82) is 0 Å². The Bertz CT molecular complexity index is 925. The van der Waals surface area contributed by atoms with Gasteiger partial charge in [-0.3, -0.25) is 0 Å². The Labute approximate surface area is 163 Å². The summed E-state index contributed by atoms with van der Waals surface area (Å²) in [5, 5.41) is 0. The van der Waals surface area contributed by atoms with Crippen molar-refractivity contribution in [3.63, 3.8) is 0 Å². The van der Waals surface area contributed by atoms with Crippen molar-refractivity contribution in [2.24, 2.45) is 0 Å². The van der Waals surface area contributed by atoms with E-state index in [1.165, 1.54) is 0 Å². The highest BCUT2D eigenvalue weighted by Crippen LogP contribution is 2.15. The molecule has 0 saturated heterocycles. The maximum Gasteiger partial charge on any atom is 0.197 e. The molecule has 0 bridgehead atoms. The van der Waals surface area contributed by atoms with Gasteiger partial charge >= 0.3 is 0 Å². The number of aromatic amines is 1. The Hall–Kier alpha value is -3.18. The predicted octanol–water partition coefficient (Wildman–Crippen LogP) is 5.50. The third-order valence-electron chi connectivity index (χ3n) is 3.92. The van der Waals surface area contributed by atoms with Crippen LogP contribution in [0, 0.1) is 4.77 Å². The number of nitrogens with zero attached hydrogens (tertiary/aromatic N) is 1. The van der Waals surface area contributed by atoms with Crippen molar-refractivity contribution in [3.8, 4) is 11.5 Å². The first-order chi connectivity index (χ1) is 13.2. The Kier molecular flexibility index (Phi) is 6.18. The Morgan fingerprint density at radius 3 is 1.81 bits per heavy atom. The predicted molar refractivity (Wildman–Crippen MR) is 113 cm³/mol. The van der Waals surface area contributed by atoms with Gasteiger partial charge in [0, 0.05) is 5.69 Å². The van der Waals surface area contributed by atoms with Crippen molar-refractivity contribution in [2.45, 2.75) is 0 Å². The van der Waals surface area contributed by atoms with E-state index in [1.54, 1.807) is 14.2 Å². The Morgan fingerprint density at radius 1 is 0.778 bits per heavy atom. The van der Waals surface area contributed by atoms with Gasteiger partial charge in [0.05, 0.1) is 19.9 Å². The molecule has 0 radical (unpaired) electrons. The number of hydrogen-bond donors (Lipinski definition) is 1. The molecule has 4 nitrogen and oxygen atoms in total. The van der Waals surface area contributed by atoms with Gasteiger partial charge in [0.1, 0.15) is 11.5 Å². The minimum absolute atomic E-state index is 0.446. The second-order valence-corrected chi connectivity index (χ2v) is 6.17. The van der Waals surface area contributed by atoms with Crippen molar-refractivity contribution in [3.05, 3.63) is 81.9 Å². The maximum atomic E-state index is 5.25. The van der Waals surface area contributed by atoms with Gasteiger partial charge in [-0.25, -0.2) is 4.98 Å². The molecule has 0 spiro atoms. The first-order valence-electron chi connectivity index (χ1n) is 8.42. The van der Waals surface area contributed by atoms with Gasteiger partial charge in [-0.15, -0.1) is 0 Å². The molecule has 3 rings (SSSR count). The summed E-state index contributed by atoms with van der Waals surface area (Å²) in [6.07, 6.45) is 7.92. The van der Waals surface area contributed by atoms with E-state index in [-0.39, 0.29) is 0 Å². The number of hydrogen-bond acceptors (Lipinski definition) is 4. The largest absolute Gasteiger partial charge is 0.497 e. The van der Waals surface area contributed by atoms with Crippen LogP contribution in [0.3, 0.4) is 0 Å². The fraction of sp³-hybridized carbons (Fsp3) is 0.0909. The third kappa shape index (κ3) is 5.39. The standard InChI is InChI=1S/C22H20N2O2S/c1-25-20-11-5-16(6-12-20)3-9-18-15-19(24-22(27)23-18)10-4-17-7-13-21(26-2)14-8-17/h3-15H,1-2H3,(H,23,24,27)/b9-3+,10-4+. The average Bonchev–Trinajstić information content (AvgIpc) is 2.71. The second-order valence-electron chi connectivity index (χ2n) is 5.78. The summed E-state index contributed by atoms with van der Waals surface area (Å²) < 4.78 is 10.8. The molecular formula is C22H20N2O2S. The summed E-state index contributed by atoms with van der Waals surface area (Å²) >= 11 is 5.25. The molecule has 27 heavy (non-hydrogen) atoms. The van der Waals surface area contributed by atoms with Crippen LogP contribution >= 0.6 is 12.2 Å². The molecule has 0 saturated carbocycles. The summed E-state index contributed by atoms with van der Waals surface area (Å²) in [4.78, 5) is 7.45. The number of ether oxygens (including phenoxy) is 2. The first-order valence-corrected chi connectivity index (χ1v) is 8.83. The monoisotopic (exact) mass is 376 g/mol. The van der Waals surface area contributed by atoms with Crippen LogP contribution in [0.2, 0.25) is 0 Å². The number of H-pyrrole nitrogens is 1. The van der Waals surface area contributed by atoms with E-state index >= 15 is 0 Å². The molecule has 0 aliphatic rings. The molecule has 1 aromatic heterocycles. The Morgan fingerprint density at radius 2 is 1.30 bits per heavy atom. The smallest absolute Gasteiger partial charge is 0.197 e. The lowest BCUT2D eigenvalue weighted by molar-refractivity contribution is 0.414. The minimum Gasteiger partial charge on any atom is -0.497 e. The lowest BCUT2D eigenvalue weighted by Gasteiger charge is -2.01. The zero-order valence-electron chi connectivity index (χ0n) is 15.2. The van der Waals surface area contributed by atoms with Crippen LogP contribution < -0.4 is 9.47 Å². The molecule has 0 fully saturated rings. The van der Waals surface area contributed by atoms with Crippen molar-refractivity contribution >= 4 is 36.5 Å². The summed E-state index contributed by atoms with van der Waals surface area (Å²) in [5.74, 6) is 1.67. The minimum atomic E-state index is 0.446.